The fraction of sp³-hybridized carbons (Fsp3) is 1.00. The van der Waals surface area contributed by atoms with E-state index < -0.39 is 0 Å². The van der Waals surface area contributed by atoms with Crippen molar-refractivity contribution in [3.05, 3.63) is 0 Å². The third-order valence-electron chi connectivity index (χ3n) is 4.99. The highest BCUT2D eigenvalue weighted by Gasteiger charge is 2.33. The van der Waals surface area contributed by atoms with Gasteiger partial charge in [0.1, 0.15) is 0 Å². The van der Waals surface area contributed by atoms with Gasteiger partial charge in [-0.15, -0.1) is 0 Å². The average molecular weight is 254 g/mol. The summed E-state index contributed by atoms with van der Waals surface area (Å²) in [4.78, 5) is 0. The van der Waals surface area contributed by atoms with Gasteiger partial charge in [-0.25, -0.2) is 0 Å². The summed E-state index contributed by atoms with van der Waals surface area (Å²) < 4.78 is 0. The van der Waals surface area contributed by atoms with Crippen LogP contribution in [-0.2, 0) is 0 Å². The van der Waals surface area contributed by atoms with Crippen LogP contribution >= 0.6 is 0 Å². The Balaban J connectivity index is 2.47. The van der Waals surface area contributed by atoms with Crippen LogP contribution in [0.1, 0.15) is 77.6 Å². The van der Waals surface area contributed by atoms with Gasteiger partial charge in [0.25, 0.3) is 0 Å². The predicted octanol–water partition coefficient (Wildman–Crippen LogP) is 3.83. The van der Waals surface area contributed by atoms with E-state index in [2.05, 4.69) is 6.92 Å². The molecule has 0 spiro atoms. The summed E-state index contributed by atoms with van der Waals surface area (Å²) in [6.07, 6.45) is 15.0. The topological polar surface area (TPSA) is 52.0 Å². The minimum atomic E-state index is 0.560. The molecular weight excluding hydrogens is 220 g/mol. The van der Waals surface area contributed by atoms with Crippen LogP contribution in [0, 0.1) is 11.3 Å². The highest BCUT2D eigenvalue weighted by atomic mass is 14.5. The van der Waals surface area contributed by atoms with Crippen molar-refractivity contribution >= 4 is 0 Å². The molecule has 0 saturated heterocycles. The van der Waals surface area contributed by atoms with Crippen LogP contribution in [0.25, 0.3) is 0 Å². The molecule has 0 amide bonds. The van der Waals surface area contributed by atoms with Crippen molar-refractivity contribution < 1.29 is 0 Å². The van der Waals surface area contributed by atoms with Crippen LogP contribution in [0.2, 0.25) is 0 Å². The summed E-state index contributed by atoms with van der Waals surface area (Å²) in [5, 5.41) is 0. The Morgan fingerprint density at radius 1 is 0.833 bits per heavy atom. The molecule has 1 rings (SSSR count). The van der Waals surface area contributed by atoms with Crippen LogP contribution in [0.3, 0.4) is 0 Å². The Bertz CT molecular complexity index is 187. The van der Waals surface area contributed by atoms with Crippen LogP contribution in [-0.4, -0.2) is 13.1 Å². The zero-order valence-corrected chi connectivity index (χ0v) is 12.4. The molecule has 2 heteroatoms. The molecule has 0 bridgehead atoms. The lowest BCUT2D eigenvalue weighted by Crippen LogP contribution is -2.30. The van der Waals surface area contributed by atoms with E-state index in [1.165, 1.54) is 70.6 Å². The number of unbranched alkanes of at least 4 members (excludes halogenated alkanes) is 2. The van der Waals surface area contributed by atoms with Gasteiger partial charge >= 0.3 is 0 Å². The van der Waals surface area contributed by atoms with E-state index in [4.69, 9.17) is 11.5 Å². The number of rotatable bonds is 9. The minimum absolute atomic E-state index is 0.560. The Morgan fingerprint density at radius 3 is 1.78 bits per heavy atom. The highest BCUT2D eigenvalue weighted by Crippen LogP contribution is 2.45. The standard InChI is InChI=1S/C16H34N2/c1-16(11-5-7-13-17,12-6-8-14-18)15-9-3-2-4-10-15/h15H,2-14,17-18H2,1H3. The van der Waals surface area contributed by atoms with Crippen LogP contribution in [0.15, 0.2) is 0 Å². The first-order chi connectivity index (χ1) is 8.73. The fourth-order valence-corrected chi connectivity index (χ4v) is 3.68. The highest BCUT2D eigenvalue weighted by molar-refractivity contribution is 4.84. The Hall–Kier alpha value is -0.0800. The molecular formula is C16H34N2. The summed E-state index contributed by atoms with van der Waals surface area (Å²) in [6.45, 7) is 4.24. The van der Waals surface area contributed by atoms with E-state index >= 15 is 0 Å². The first-order valence-corrected chi connectivity index (χ1v) is 8.13. The molecule has 0 aromatic carbocycles. The summed E-state index contributed by atoms with van der Waals surface area (Å²) in [5.74, 6) is 0.960. The van der Waals surface area contributed by atoms with Gasteiger partial charge < -0.3 is 11.5 Å². The molecule has 0 radical (unpaired) electrons. The molecule has 4 N–H and O–H groups in total. The van der Waals surface area contributed by atoms with Gasteiger partial charge in [-0.3, -0.25) is 0 Å². The van der Waals surface area contributed by atoms with Crippen LogP contribution in [0.5, 0.6) is 0 Å². The lowest BCUT2D eigenvalue weighted by molar-refractivity contribution is 0.106. The molecule has 2 nitrogen and oxygen atoms in total. The molecule has 108 valence electrons. The maximum Gasteiger partial charge on any atom is -0.00773 e. The molecule has 1 saturated carbocycles. The van der Waals surface area contributed by atoms with E-state index in [1.807, 2.05) is 0 Å². The van der Waals surface area contributed by atoms with Crippen LogP contribution in [0.4, 0.5) is 0 Å². The monoisotopic (exact) mass is 254 g/mol. The first-order valence-electron chi connectivity index (χ1n) is 8.13. The molecule has 0 unspecified atom stereocenters. The van der Waals surface area contributed by atoms with Gasteiger partial charge in [0.15, 0.2) is 0 Å². The van der Waals surface area contributed by atoms with Gasteiger partial charge in [-0.05, 0) is 62.9 Å². The van der Waals surface area contributed by atoms with Gasteiger partial charge in [0.05, 0.1) is 0 Å². The Labute approximate surface area is 114 Å². The summed E-state index contributed by atoms with van der Waals surface area (Å²) >= 11 is 0. The summed E-state index contributed by atoms with van der Waals surface area (Å²) in [5.41, 5.74) is 11.8. The van der Waals surface area contributed by atoms with E-state index in [9.17, 15) is 0 Å². The van der Waals surface area contributed by atoms with Crippen molar-refractivity contribution in [3.63, 3.8) is 0 Å². The third-order valence-corrected chi connectivity index (χ3v) is 4.99. The van der Waals surface area contributed by atoms with E-state index in [1.54, 1.807) is 0 Å². The molecule has 0 aromatic rings. The second-order valence-corrected chi connectivity index (χ2v) is 6.48. The molecule has 1 aliphatic carbocycles. The molecule has 1 fully saturated rings. The van der Waals surface area contributed by atoms with E-state index in [-0.39, 0.29) is 0 Å². The molecule has 0 aliphatic heterocycles. The van der Waals surface area contributed by atoms with Gasteiger partial charge in [-0.1, -0.05) is 39.0 Å². The molecule has 1 aliphatic rings. The van der Waals surface area contributed by atoms with Crippen molar-refractivity contribution in [2.24, 2.45) is 22.8 Å². The van der Waals surface area contributed by atoms with Crippen molar-refractivity contribution in [1.82, 2.24) is 0 Å². The second-order valence-electron chi connectivity index (χ2n) is 6.48. The third kappa shape index (κ3) is 5.27. The number of hydrogen-bond acceptors (Lipinski definition) is 2. The van der Waals surface area contributed by atoms with Gasteiger partial charge in [0, 0.05) is 0 Å². The lowest BCUT2D eigenvalue weighted by atomic mass is 9.65. The van der Waals surface area contributed by atoms with Crippen molar-refractivity contribution in [2.45, 2.75) is 77.6 Å². The largest absolute Gasteiger partial charge is 0.330 e. The Morgan fingerprint density at radius 2 is 1.33 bits per heavy atom. The SMILES string of the molecule is CC(CCCCN)(CCCCN)C1CCCCC1. The number of nitrogens with two attached hydrogens (primary N) is 2. The normalized spacial score (nSPS) is 18.2. The van der Waals surface area contributed by atoms with E-state index in [0.717, 1.165) is 19.0 Å². The zero-order chi connectivity index (χ0) is 13.3. The smallest absolute Gasteiger partial charge is 0.00773 e. The maximum atomic E-state index is 5.64. The number of hydrogen-bond donors (Lipinski definition) is 2. The van der Waals surface area contributed by atoms with Crippen LogP contribution < -0.4 is 11.5 Å². The summed E-state index contributed by atoms with van der Waals surface area (Å²) in [7, 11) is 0. The van der Waals surface area contributed by atoms with Gasteiger partial charge in [-0.2, -0.15) is 0 Å². The predicted molar refractivity (Wildman–Crippen MR) is 80.5 cm³/mol. The Kier molecular flexibility index (Phi) is 7.92. The van der Waals surface area contributed by atoms with Crippen molar-refractivity contribution in [1.29, 1.82) is 0 Å². The van der Waals surface area contributed by atoms with Crippen molar-refractivity contribution in [3.8, 4) is 0 Å². The average Bonchev–Trinajstić information content (AvgIpc) is 2.40. The second kappa shape index (κ2) is 8.92. The quantitative estimate of drug-likeness (QED) is 0.614. The van der Waals surface area contributed by atoms with Crippen molar-refractivity contribution in [2.75, 3.05) is 13.1 Å². The first kappa shape index (κ1) is 16.0. The molecule has 18 heavy (non-hydrogen) atoms. The minimum Gasteiger partial charge on any atom is -0.330 e. The fourth-order valence-electron chi connectivity index (χ4n) is 3.68. The molecule has 0 heterocycles. The summed E-state index contributed by atoms with van der Waals surface area (Å²) in [6, 6.07) is 0. The molecule has 0 aromatic heterocycles. The van der Waals surface area contributed by atoms with E-state index in [0.29, 0.717) is 5.41 Å². The lowest BCUT2D eigenvalue weighted by Gasteiger charge is -2.40. The maximum absolute atomic E-state index is 5.64. The molecule has 0 atom stereocenters. The van der Waals surface area contributed by atoms with Gasteiger partial charge in [0.2, 0.25) is 0 Å². The zero-order valence-electron chi connectivity index (χ0n) is 12.4.